The Morgan fingerprint density at radius 2 is 2.10 bits per heavy atom. The van der Waals surface area contributed by atoms with Crippen LogP contribution in [0.2, 0.25) is 0 Å². The van der Waals surface area contributed by atoms with Gasteiger partial charge in [0.15, 0.2) is 0 Å². The van der Waals surface area contributed by atoms with Crippen molar-refractivity contribution < 1.29 is 9.59 Å². The molecule has 0 fully saturated rings. The van der Waals surface area contributed by atoms with E-state index in [0.717, 1.165) is 22.9 Å². The molecular weight excluding hydrogens is 266 g/mol. The number of carbonyl (C=O) groups excluding carboxylic acids is 2. The van der Waals surface area contributed by atoms with Crippen LogP contribution in [-0.2, 0) is 17.6 Å². The SMILES string of the molecule is CC(C)n1c2c(c3cc(C(=O)NN)ccc31)CC(=O)CC2. The van der Waals surface area contributed by atoms with Gasteiger partial charge in [0.05, 0.1) is 0 Å². The Labute approximate surface area is 123 Å². The molecule has 1 amide bonds. The largest absolute Gasteiger partial charge is 0.342 e. The van der Waals surface area contributed by atoms with Crippen molar-refractivity contribution in [2.24, 2.45) is 5.84 Å². The van der Waals surface area contributed by atoms with Crippen LogP contribution in [0.15, 0.2) is 18.2 Å². The molecule has 1 heterocycles. The number of amides is 1. The van der Waals surface area contributed by atoms with Gasteiger partial charge in [-0.25, -0.2) is 5.84 Å². The third-order valence-corrected chi connectivity index (χ3v) is 4.14. The summed E-state index contributed by atoms with van der Waals surface area (Å²) in [4.78, 5) is 23.5. The van der Waals surface area contributed by atoms with Gasteiger partial charge in [-0.3, -0.25) is 15.0 Å². The fourth-order valence-corrected chi connectivity index (χ4v) is 3.26. The van der Waals surface area contributed by atoms with Crippen LogP contribution in [-0.4, -0.2) is 16.3 Å². The lowest BCUT2D eigenvalue weighted by atomic mass is 9.94. The maximum Gasteiger partial charge on any atom is 0.265 e. The van der Waals surface area contributed by atoms with Crippen molar-refractivity contribution in [2.45, 2.75) is 39.2 Å². The summed E-state index contributed by atoms with van der Waals surface area (Å²) in [7, 11) is 0. The topological polar surface area (TPSA) is 77.1 Å². The van der Waals surface area contributed by atoms with E-state index in [0.29, 0.717) is 24.4 Å². The summed E-state index contributed by atoms with van der Waals surface area (Å²) >= 11 is 0. The quantitative estimate of drug-likeness (QED) is 0.502. The average Bonchev–Trinajstić information content (AvgIpc) is 2.79. The first-order valence-electron chi connectivity index (χ1n) is 7.21. The molecule has 0 radical (unpaired) electrons. The molecule has 3 rings (SSSR count). The molecule has 1 aromatic carbocycles. The van der Waals surface area contributed by atoms with E-state index in [1.807, 2.05) is 12.1 Å². The number of fused-ring (bicyclic) bond motifs is 3. The Bertz CT molecular complexity index is 744. The number of Topliss-reactive ketones (excluding diaryl/α,β-unsaturated/α-hetero) is 1. The molecule has 2 aromatic rings. The summed E-state index contributed by atoms with van der Waals surface area (Å²) in [6, 6.07) is 5.88. The first kappa shape index (κ1) is 13.8. The maximum atomic E-state index is 11.8. The summed E-state index contributed by atoms with van der Waals surface area (Å²) < 4.78 is 2.28. The van der Waals surface area contributed by atoms with Gasteiger partial charge in [-0.05, 0) is 44.0 Å². The van der Waals surface area contributed by atoms with Gasteiger partial charge in [0.2, 0.25) is 0 Å². The summed E-state index contributed by atoms with van der Waals surface area (Å²) in [6.45, 7) is 4.27. The highest BCUT2D eigenvalue weighted by molar-refractivity contribution is 6.00. The lowest BCUT2D eigenvalue weighted by Gasteiger charge is -2.18. The summed E-state index contributed by atoms with van der Waals surface area (Å²) in [6.07, 6.45) is 1.84. The third-order valence-electron chi connectivity index (χ3n) is 4.14. The van der Waals surface area contributed by atoms with Crippen molar-refractivity contribution in [3.8, 4) is 0 Å². The maximum absolute atomic E-state index is 11.8. The van der Waals surface area contributed by atoms with Crippen LogP contribution >= 0.6 is 0 Å². The highest BCUT2D eigenvalue weighted by Gasteiger charge is 2.25. The fraction of sp³-hybridized carbons (Fsp3) is 0.375. The molecule has 0 bridgehead atoms. The molecule has 110 valence electrons. The van der Waals surface area contributed by atoms with Crippen molar-refractivity contribution in [1.82, 2.24) is 9.99 Å². The van der Waals surface area contributed by atoms with Gasteiger partial charge in [-0.15, -0.1) is 0 Å². The number of rotatable bonds is 2. The van der Waals surface area contributed by atoms with Crippen LogP contribution < -0.4 is 11.3 Å². The number of hydrogen-bond donors (Lipinski definition) is 2. The number of nitrogen functional groups attached to an aromatic ring is 1. The van der Waals surface area contributed by atoms with Crippen molar-refractivity contribution in [2.75, 3.05) is 0 Å². The van der Waals surface area contributed by atoms with Crippen LogP contribution in [0.3, 0.4) is 0 Å². The average molecular weight is 285 g/mol. The summed E-state index contributed by atoms with van der Waals surface area (Å²) in [5.74, 6) is 5.15. The minimum absolute atomic E-state index is 0.263. The molecule has 0 saturated carbocycles. The molecule has 5 heteroatoms. The number of benzene rings is 1. The van der Waals surface area contributed by atoms with Crippen molar-refractivity contribution in [3.63, 3.8) is 0 Å². The van der Waals surface area contributed by atoms with Crippen molar-refractivity contribution in [1.29, 1.82) is 0 Å². The minimum Gasteiger partial charge on any atom is -0.342 e. The standard InChI is InChI=1S/C16H19N3O2/c1-9(2)19-14-5-3-10(16(21)18-17)7-12(14)13-8-11(20)4-6-15(13)19/h3,5,7,9H,4,6,8,17H2,1-2H3,(H,18,21). The normalized spacial score (nSPS) is 14.6. The van der Waals surface area contributed by atoms with Crippen LogP contribution in [0.1, 0.15) is 47.9 Å². The van der Waals surface area contributed by atoms with Gasteiger partial charge in [-0.1, -0.05) is 0 Å². The van der Waals surface area contributed by atoms with E-state index in [1.165, 1.54) is 5.69 Å². The highest BCUT2D eigenvalue weighted by Crippen LogP contribution is 2.34. The second-order valence-electron chi connectivity index (χ2n) is 5.81. The van der Waals surface area contributed by atoms with Crippen molar-refractivity contribution >= 4 is 22.6 Å². The van der Waals surface area contributed by atoms with E-state index in [9.17, 15) is 9.59 Å². The van der Waals surface area contributed by atoms with Gasteiger partial charge in [-0.2, -0.15) is 0 Å². The molecule has 3 N–H and O–H groups in total. The van der Waals surface area contributed by atoms with Crippen LogP contribution in [0.25, 0.3) is 10.9 Å². The van der Waals surface area contributed by atoms with E-state index < -0.39 is 0 Å². The summed E-state index contributed by atoms with van der Waals surface area (Å²) in [5.41, 5.74) is 6.05. The molecule has 0 atom stereocenters. The number of ketones is 1. The number of carbonyl (C=O) groups is 2. The minimum atomic E-state index is -0.315. The Balaban J connectivity index is 2.29. The number of hydrazine groups is 1. The summed E-state index contributed by atoms with van der Waals surface area (Å²) in [5, 5.41) is 0.993. The Kier molecular flexibility index (Phi) is 3.29. The molecule has 21 heavy (non-hydrogen) atoms. The zero-order valence-corrected chi connectivity index (χ0v) is 12.3. The smallest absolute Gasteiger partial charge is 0.265 e. The van der Waals surface area contributed by atoms with E-state index in [4.69, 9.17) is 5.84 Å². The first-order chi connectivity index (χ1) is 10.0. The number of nitrogens with one attached hydrogen (secondary N) is 1. The number of hydrogen-bond acceptors (Lipinski definition) is 3. The third kappa shape index (κ3) is 2.14. The molecule has 0 unspecified atom stereocenters. The fourth-order valence-electron chi connectivity index (χ4n) is 3.26. The molecule has 1 aliphatic rings. The predicted octanol–water partition coefficient (Wildman–Crippen LogP) is 1.88. The molecule has 0 aliphatic heterocycles. The Morgan fingerprint density at radius 3 is 2.76 bits per heavy atom. The van der Waals surface area contributed by atoms with E-state index in [-0.39, 0.29) is 11.7 Å². The second-order valence-corrected chi connectivity index (χ2v) is 5.81. The first-order valence-corrected chi connectivity index (χ1v) is 7.21. The van der Waals surface area contributed by atoms with E-state index >= 15 is 0 Å². The van der Waals surface area contributed by atoms with Crippen LogP contribution in [0, 0.1) is 0 Å². The molecule has 1 aromatic heterocycles. The van der Waals surface area contributed by atoms with Gasteiger partial charge < -0.3 is 4.57 Å². The zero-order valence-electron chi connectivity index (χ0n) is 12.3. The van der Waals surface area contributed by atoms with E-state index in [1.54, 1.807) is 6.07 Å². The monoisotopic (exact) mass is 285 g/mol. The van der Waals surface area contributed by atoms with Gasteiger partial charge in [0, 0.05) is 41.0 Å². The molecule has 5 nitrogen and oxygen atoms in total. The van der Waals surface area contributed by atoms with Gasteiger partial charge >= 0.3 is 0 Å². The van der Waals surface area contributed by atoms with Crippen LogP contribution in [0.4, 0.5) is 0 Å². The lowest BCUT2D eigenvalue weighted by Crippen LogP contribution is -2.29. The number of nitrogens with two attached hydrogens (primary N) is 1. The Hall–Kier alpha value is -2.14. The number of aromatic nitrogens is 1. The van der Waals surface area contributed by atoms with E-state index in [2.05, 4.69) is 23.8 Å². The van der Waals surface area contributed by atoms with Gasteiger partial charge in [0.25, 0.3) is 5.91 Å². The Morgan fingerprint density at radius 1 is 1.33 bits per heavy atom. The predicted molar refractivity (Wildman–Crippen MR) is 81.0 cm³/mol. The second kappa shape index (κ2) is 5.00. The van der Waals surface area contributed by atoms with Crippen molar-refractivity contribution in [3.05, 3.63) is 35.0 Å². The molecule has 0 saturated heterocycles. The molecular formula is C16H19N3O2. The lowest BCUT2D eigenvalue weighted by molar-refractivity contribution is -0.118. The number of nitrogens with zero attached hydrogens (tertiary/aromatic N) is 1. The van der Waals surface area contributed by atoms with Crippen LogP contribution in [0.5, 0.6) is 0 Å². The highest BCUT2D eigenvalue weighted by atomic mass is 16.2. The van der Waals surface area contributed by atoms with Gasteiger partial charge in [0.1, 0.15) is 5.78 Å². The molecule has 1 aliphatic carbocycles. The zero-order chi connectivity index (χ0) is 15.1. The molecule has 0 spiro atoms.